The van der Waals surface area contributed by atoms with Crippen LogP contribution in [0.15, 0.2) is 82.1 Å². The number of aromatic nitrogens is 1. The van der Waals surface area contributed by atoms with Gasteiger partial charge in [-0.25, -0.2) is 17.2 Å². The van der Waals surface area contributed by atoms with E-state index in [0.29, 0.717) is 39.9 Å². The Hall–Kier alpha value is -3.60. The van der Waals surface area contributed by atoms with Gasteiger partial charge in [0.15, 0.2) is 5.69 Å². The van der Waals surface area contributed by atoms with Crippen molar-refractivity contribution in [1.82, 2.24) is 3.97 Å². The number of carbonyl (C=O) groups is 1. The second-order valence-corrected chi connectivity index (χ2v) is 14.3. The second-order valence-electron chi connectivity index (χ2n) is 10.6. The summed E-state index contributed by atoms with van der Waals surface area (Å²) < 4.78 is 57.3. The molecule has 0 unspecified atom stereocenters. The Morgan fingerprint density at radius 2 is 1.71 bits per heavy atom. The maximum atomic E-state index is 14.2. The van der Waals surface area contributed by atoms with Gasteiger partial charge in [0.25, 0.3) is 10.0 Å². The topological polar surface area (TPSA) is 110 Å². The Labute approximate surface area is 250 Å². The maximum Gasteiger partial charge on any atom is 0.356 e. The third-order valence-corrected chi connectivity index (χ3v) is 9.53. The van der Waals surface area contributed by atoms with E-state index in [1.54, 1.807) is 67.6 Å². The molecule has 0 amide bonds. The van der Waals surface area contributed by atoms with Crippen LogP contribution in [0.25, 0.3) is 22.0 Å². The van der Waals surface area contributed by atoms with Gasteiger partial charge in [0, 0.05) is 16.5 Å². The minimum absolute atomic E-state index is 0.0256. The lowest BCUT2D eigenvalue weighted by Crippen LogP contribution is -2.25. The van der Waals surface area contributed by atoms with Gasteiger partial charge in [-0.05, 0) is 70.0 Å². The number of hydrogen-bond acceptors (Lipinski definition) is 7. The SMILES string of the molecule is CCCCOc1ccc2c(c1)c(-c1ccccc1/C=N\[S@@+]([O-])C(C)(C)C)c(C(=O)OCC)n2S(=O)(=O)c1ccccc1. The number of ether oxygens (including phenoxy) is 2. The molecular formula is C32H36N2O6S2. The molecule has 3 aromatic carbocycles. The summed E-state index contributed by atoms with van der Waals surface area (Å²) in [4.78, 5) is 13.7. The van der Waals surface area contributed by atoms with Gasteiger partial charge >= 0.3 is 5.97 Å². The molecule has 0 fully saturated rings. The van der Waals surface area contributed by atoms with E-state index < -0.39 is 32.1 Å². The van der Waals surface area contributed by atoms with Crippen molar-refractivity contribution in [1.29, 1.82) is 0 Å². The van der Waals surface area contributed by atoms with Crippen molar-refractivity contribution >= 4 is 44.5 Å². The van der Waals surface area contributed by atoms with Crippen LogP contribution in [-0.2, 0) is 26.1 Å². The average molecular weight is 609 g/mol. The van der Waals surface area contributed by atoms with Crippen LogP contribution in [0.2, 0.25) is 0 Å². The molecule has 4 aromatic rings. The fourth-order valence-electron chi connectivity index (χ4n) is 4.37. The summed E-state index contributed by atoms with van der Waals surface area (Å²) in [5, 5.41) is 0.490. The number of nitrogens with zero attached hydrogens (tertiary/aromatic N) is 2. The molecule has 8 nitrogen and oxygen atoms in total. The highest BCUT2D eigenvalue weighted by Gasteiger charge is 2.33. The van der Waals surface area contributed by atoms with E-state index in [-0.39, 0.29) is 17.2 Å². The molecule has 10 heteroatoms. The van der Waals surface area contributed by atoms with Crippen LogP contribution < -0.4 is 4.74 Å². The highest BCUT2D eigenvalue weighted by Crippen LogP contribution is 2.40. The molecule has 1 aromatic heterocycles. The summed E-state index contributed by atoms with van der Waals surface area (Å²) in [6, 6.07) is 20.2. The smallest absolute Gasteiger partial charge is 0.356 e. The minimum Gasteiger partial charge on any atom is -0.591 e. The maximum absolute atomic E-state index is 14.2. The number of benzene rings is 3. The van der Waals surface area contributed by atoms with Crippen LogP contribution in [0.1, 0.15) is 63.5 Å². The quantitative estimate of drug-likeness (QED) is 0.0803. The van der Waals surface area contributed by atoms with Crippen molar-refractivity contribution in [3.63, 3.8) is 0 Å². The molecule has 0 aliphatic rings. The summed E-state index contributed by atoms with van der Waals surface area (Å²) >= 11 is -1.53. The van der Waals surface area contributed by atoms with Crippen LogP contribution >= 0.6 is 0 Å². The zero-order valence-electron chi connectivity index (χ0n) is 24.5. The molecule has 222 valence electrons. The molecule has 42 heavy (non-hydrogen) atoms. The first kappa shape index (κ1) is 31.3. The lowest BCUT2D eigenvalue weighted by molar-refractivity contribution is 0.0519. The van der Waals surface area contributed by atoms with Crippen molar-refractivity contribution in [2.45, 2.75) is 57.1 Å². The normalized spacial score (nSPS) is 13.0. The average Bonchev–Trinajstić information content (AvgIpc) is 3.31. The Bertz CT molecular complexity index is 1690. The van der Waals surface area contributed by atoms with Crippen molar-refractivity contribution in [3.05, 3.63) is 84.1 Å². The van der Waals surface area contributed by atoms with Gasteiger partial charge in [0.1, 0.15) is 21.9 Å². The molecule has 0 aliphatic heterocycles. The largest absolute Gasteiger partial charge is 0.591 e. The fourth-order valence-corrected chi connectivity index (χ4v) is 6.43. The summed E-state index contributed by atoms with van der Waals surface area (Å²) in [6.45, 7) is 9.75. The van der Waals surface area contributed by atoms with Gasteiger partial charge in [0.05, 0.1) is 29.8 Å². The molecule has 0 saturated heterocycles. The van der Waals surface area contributed by atoms with E-state index in [1.165, 1.54) is 18.3 Å². The molecule has 0 aliphatic carbocycles. The lowest BCUT2D eigenvalue weighted by Gasteiger charge is -2.18. The van der Waals surface area contributed by atoms with E-state index in [1.807, 2.05) is 20.8 Å². The number of esters is 1. The second kappa shape index (κ2) is 13.1. The van der Waals surface area contributed by atoms with Crippen molar-refractivity contribution in [2.24, 2.45) is 4.40 Å². The van der Waals surface area contributed by atoms with Crippen LogP contribution in [0.4, 0.5) is 0 Å². The van der Waals surface area contributed by atoms with Gasteiger partial charge in [-0.3, -0.25) is 0 Å². The number of carbonyl (C=O) groups excluding carboxylic acids is 1. The summed E-state index contributed by atoms with van der Waals surface area (Å²) in [6.07, 6.45) is 3.31. The highest BCUT2D eigenvalue weighted by atomic mass is 32.2. The van der Waals surface area contributed by atoms with Crippen LogP contribution in [-0.4, -0.2) is 47.1 Å². The molecular weight excluding hydrogens is 572 g/mol. The third kappa shape index (κ3) is 6.56. The zero-order valence-corrected chi connectivity index (χ0v) is 26.1. The predicted molar refractivity (Wildman–Crippen MR) is 168 cm³/mol. The third-order valence-electron chi connectivity index (χ3n) is 6.45. The summed E-state index contributed by atoms with van der Waals surface area (Å²) in [7, 11) is -4.25. The number of unbranched alkanes of at least 4 members (excludes halogenated alkanes) is 1. The van der Waals surface area contributed by atoms with Gasteiger partial charge in [-0.1, -0.05) is 60.2 Å². The fraction of sp³-hybridized carbons (Fsp3) is 0.312. The van der Waals surface area contributed by atoms with Crippen LogP contribution in [0, 0.1) is 0 Å². The van der Waals surface area contributed by atoms with Gasteiger partial charge in [-0.2, -0.15) is 0 Å². The van der Waals surface area contributed by atoms with E-state index in [0.717, 1.165) is 16.8 Å². The number of fused-ring (bicyclic) bond motifs is 1. The van der Waals surface area contributed by atoms with Crippen molar-refractivity contribution < 1.29 is 27.2 Å². The van der Waals surface area contributed by atoms with Crippen LogP contribution in [0.5, 0.6) is 5.75 Å². The summed E-state index contributed by atoms with van der Waals surface area (Å²) in [5.74, 6) is -0.247. The predicted octanol–water partition coefficient (Wildman–Crippen LogP) is 6.78. The summed E-state index contributed by atoms with van der Waals surface area (Å²) in [5.41, 5.74) is 1.61. The molecule has 0 bridgehead atoms. The van der Waals surface area contributed by atoms with E-state index in [2.05, 4.69) is 11.3 Å². The first-order valence-electron chi connectivity index (χ1n) is 13.8. The van der Waals surface area contributed by atoms with Gasteiger partial charge in [0.2, 0.25) is 0 Å². The van der Waals surface area contributed by atoms with Gasteiger partial charge < -0.3 is 14.0 Å². The van der Waals surface area contributed by atoms with E-state index >= 15 is 0 Å². The molecule has 0 N–H and O–H groups in total. The molecule has 0 saturated carbocycles. The molecule has 0 spiro atoms. The minimum atomic E-state index is -4.25. The zero-order chi connectivity index (χ0) is 30.5. The van der Waals surface area contributed by atoms with Gasteiger partial charge in [-0.15, -0.1) is 0 Å². The van der Waals surface area contributed by atoms with Crippen molar-refractivity contribution in [2.75, 3.05) is 13.2 Å². The standard InChI is InChI=1S/C32H36N2O6S2/c1-6-8-20-40-24-18-19-28-27(21-24)29(26-17-13-12-14-23(26)22-33-41(36)32(3,4)5)30(31(35)39-7-2)34(28)42(37,38)25-15-10-9-11-16-25/h9-19,21-22H,6-8,20H2,1-5H3/b33-22-/t41-/m0/s1. The highest BCUT2D eigenvalue weighted by molar-refractivity contribution is 7.91. The molecule has 4 rings (SSSR count). The Morgan fingerprint density at radius 1 is 1.02 bits per heavy atom. The first-order chi connectivity index (χ1) is 20.0. The van der Waals surface area contributed by atoms with E-state index in [4.69, 9.17) is 9.47 Å². The monoisotopic (exact) mass is 608 g/mol. The first-order valence-corrected chi connectivity index (χ1v) is 16.4. The Morgan fingerprint density at radius 3 is 2.38 bits per heavy atom. The van der Waals surface area contributed by atoms with Crippen molar-refractivity contribution in [3.8, 4) is 16.9 Å². The number of rotatable bonds is 11. The Balaban J connectivity index is 2.09. The lowest BCUT2D eigenvalue weighted by atomic mass is 9.97. The van der Waals surface area contributed by atoms with Crippen LogP contribution in [0.3, 0.4) is 0 Å². The number of hydrogen-bond donors (Lipinski definition) is 0. The molecule has 0 radical (unpaired) electrons. The molecule has 1 heterocycles. The Kier molecular flexibility index (Phi) is 9.81. The molecule has 1 atom stereocenters. The van der Waals surface area contributed by atoms with E-state index in [9.17, 15) is 17.8 Å².